The van der Waals surface area contributed by atoms with E-state index in [1.54, 1.807) is 13.2 Å². The Bertz CT molecular complexity index is 746. The molecule has 0 fully saturated rings. The molecule has 1 N–H and O–H groups in total. The molecule has 4 nitrogen and oxygen atoms in total. The number of amides is 1. The van der Waals surface area contributed by atoms with Gasteiger partial charge in [-0.3, -0.25) is 4.79 Å². The molecule has 0 atom stereocenters. The fourth-order valence-corrected chi connectivity index (χ4v) is 3.02. The molecule has 0 aromatic heterocycles. The summed E-state index contributed by atoms with van der Waals surface area (Å²) in [6.45, 7) is 3.08. The van der Waals surface area contributed by atoms with Gasteiger partial charge in [-0.25, -0.2) is 0 Å². The van der Waals surface area contributed by atoms with Crippen LogP contribution in [0.25, 0.3) is 0 Å². The molecule has 120 valence electrons. The SMILES string of the molecule is COc1cc(Cl)c(C)cc1NC(=O)CN1CCc2ccccc21. The first kappa shape index (κ1) is 15.7. The predicted octanol–water partition coefficient (Wildman–Crippen LogP) is 3.66. The van der Waals surface area contributed by atoms with Crippen LogP contribution in [0.4, 0.5) is 11.4 Å². The van der Waals surface area contributed by atoms with Crippen LogP contribution >= 0.6 is 11.6 Å². The van der Waals surface area contributed by atoms with E-state index < -0.39 is 0 Å². The Morgan fingerprint density at radius 2 is 2.13 bits per heavy atom. The first-order valence-electron chi connectivity index (χ1n) is 7.55. The second-order valence-electron chi connectivity index (χ2n) is 5.65. The number of carbonyl (C=O) groups excluding carboxylic acids is 1. The van der Waals surface area contributed by atoms with Crippen molar-refractivity contribution < 1.29 is 9.53 Å². The second kappa shape index (κ2) is 6.50. The molecule has 2 aromatic carbocycles. The molecule has 1 aliphatic heterocycles. The van der Waals surface area contributed by atoms with Crippen molar-refractivity contribution in [1.29, 1.82) is 0 Å². The minimum absolute atomic E-state index is 0.0678. The number of methoxy groups -OCH3 is 1. The third kappa shape index (κ3) is 3.27. The summed E-state index contributed by atoms with van der Waals surface area (Å²) >= 11 is 6.09. The molecule has 0 bridgehead atoms. The predicted molar refractivity (Wildman–Crippen MR) is 93.7 cm³/mol. The van der Waals surface area contributed by atoms with Crippen molar-refractivity contribution in [3.63, 3.8) is 0 Å². The number of nitrogens with zero attached hydrogens (tertiary/aromatic N) is 1. The highest BCUT2D eigenvalue weighted by atomic mass is 35.5. The number of para-hydroxylation sites is 1. The van der Waals surface area contributed by atoms with Gasteiger partial charge in [-0.1, -0.05) is 29.8 Å². The van der Waals surface area contributed by atoms with Gasteiger partial charge in [-0.15, -0.1) is 0 Å². The molecule has 0 saturated heterocycles. The van der Waals surface area contributed by atoms with Gasteiger partial charge in [0, 0.05) is 23.3 Å². The van der Waals surface area contributed by atoms with Crippen molar-refractivity contribution in [2.24, 2.45) is 0 Å². The van der Waals surface area contributed by atoms with Crippen LogP contribution in [0, 0.1) is 6.92 Å². The van der Waals surface area contributed by atoms with Crippen molar-refractivity contribution >= 4 is 28.9 Å². The molecular weight excluding hydrogens is 312 g/mol. The number of carbonyl (C=O) groups is 1. The fraction of sp³-hybridized carbons (Fsp3) is 0.278. The molecule has 5 heteroatoms. The van der Waals surface area contributed by atoms with Gasteiger partial charge in [0.15, 0.2) is 0 Å². The van der Waals surface area contributed by atoms with Gasteiger partial charge in [0.2, 0.25) is 5.91 Å². The van der Waals surface area contributed by atoms with E-state index in [2.05, 4.69) is 22.3 Å². The van der Waals surface area contributed by atoms with E-state index in [1.165, 1.54) is 5.56 Å². The van der Waals surface area contributed by atoms with E-state index in [-0.39, 0.29) is 5.91 Å². The molecule has 0 radical (unpaired) electrons. The number of hydrogen-bond donors (Lipinski definition) is 1. The maximum atomic E-state index is 12.4. The average molecular weight is 331 g/mol. The summed E-state index contributed by atoms with van der Waals surface area (Å²) in [5.41, 5.74) is 3.98. The van der Waals surface area contributed by atoms with Crippen LogP contribution in [0.1, 0.15) is 11.1 Å². The molecule has 0 unspecified atom stereocenters. The molecule has 0 saturated carbocycles. The number of hydrogen-bond acceptors (Lipinski definition) is 3. The summed E-state index contributed by atoms with van der Waals surface area (Å²) in [6, 6.07) is 11.8. The van der Waals surface area contributed by atoms with Crippen LogP contribution in [0.15, 0.2) is 36.4 Å². The zero-order valence-corrected chi connectivity index (χ0v) is 14.0. The standard InChI is InChI=1S/C18H19ClN2O2/c1-12-9-15(17(23-2)10-14(12)19)20-18(22)11-21-8-7-13-5-3-4-6-16(13)21/h3-6,9-10H,7-8,11H2,1-2H3,(H,20,22). The Hall–Kier alpha value is -2.20. The van der Waals surface area contributed by atoms with Crippen molar-refractivity contribution in [3.8, 4) is 5.75 Å². The van der Waals surface area contributed by atoms with Gasteiger partial charge in [-0.05, 0) is 36.6 Å². The summed E-state index contributed by atoms with van der Waals surface area (Å²) < 4.78 is 5.30. The largest absolute Gasteiger partial charge is 0.495 e. The van der Waals surface area contributed by atoms with E-state index in [1.807, 2.05) is 25.1 Å². The molecule has 1 amide bonds. The molecule has 0 spiro atoms. The van der Waals surface area contributed by atoms with Crippen LogP contribution < -0.4 is 15.0 Å². The highest BCUT2D eigenvalue weighted by Crippen LogP contribution is 2.31. The lowest BCUT2D eigenvalue weighted by molar-refractivity contribution is -0.115. The number of halogens is 1. The summed E-state index contributed by atoms with van der Waals surface area (Å²) in [5, 5.41) is 3.54. The van der Waals surface area contributed by atoms with Gasteiger partial charge in [-0.2, -0.15) is 0 Å². The number of aryl methyl sites for hydroxylation is 1. The maximum absolute atomic E-state index is 12.4. The topological polar surface area (TPSA) is 41.6 Å². The van der Waals surface area contributed by atoms with E-state index in [9.17, 15) is 4.79 Å². The van der Waals surface area contributed by atoms with Crippen LogP contribution in [-0.2, 0) is 11.2 Å². The van der Waals surface area contributed by atoms with Crippen molar-refractivity contribution in [1.82, 2.24) is 0 Å². The minimum atomic E-state index is -0.0678. The van der Waals surface area contributed by atoms with Gasteiger partial charge in [0.1, 0.15) is 5.75 Å². The maximum Gasteiger partial charge on any atom is 0.243 e. The Morgan fingerprint density at radius 3 is 2.91 bits per heavy atom. The zero-order valence-electron chi connectivity index (χ0n) is 13.2. The average Bonchev–Trinajstić information content (AvgIpc) is 2.94. The Morgan fingerprint density at radius 1 is 1.35 bits per heavy atom. The molecule has 3 rings (SSSR count). The molecular formula is C18H19ClN2O2. The second-order valence-corrected chi connectivity index (χ2v) is 6.06. The number of nitrogens with one attached hydrogen (secondary N) is 1. The third-order valence-corrected chi connectivity index (χ3v) is 4.48. The molecule has 2 aromatic rings. The Kier molecular flexibility index (Phi) is 4.44. The van der Waals surface area contributed by atoms with Gasteiger partial charge >= 0.3 is 0 Å². The summed E-state index contributed by atoms with van der Waals surface area (Å²) in [6.07, 6.45) is 0.979. The Balaban J connectivity index is 1.73. The smallest absolute Gasteiger partial charge is 0.243 e. The highest BCUT2D eigenvalue weighted by molar-refractivity contribution is 6.31. The first-order valence-corrected chi connectivity index (χ1v) is 7.93. The normalized spacial score (nSPS) is 12.9. The lowest BCUT2D eigenvalue weighted by atomic mass is 10.2. The fourth-order valence-electron chi connectivity index (χ4n) is 2.86. The zero-order chi connectivity index (χ0) is 16.4. The van der Waals surface area contributed by atoms with E-state index >= 15 is 0 Å². The monoisotopic (exact) mass is 330 g/mol. The first-order chi connectivity index (χ1) is 11.1. The number of rotatable bonds is 4. The Labute approximate surface area is 141 Å². The van der Waals surface area contributed by atoms with Crippen molar-refractivity contribution in [3.05, 3.63) is 52.5 Å². The summed E-state index contributed by atoms with van der Waals surface area (Å²) in [5.74, 6) is 0.498. The van der Waals surface area contributed by atoms with Gasteiger partial charge in [0.05, 0.1) is 19.3 Å². The van der Waals surface area contributed by atoms with Gasteiger partial charge in [0.25, 0.3) is 0 Å². The minimum Gasteiger partial charge on any atom is -0.495 e. The van der Waals surface area contributed by atoms with Crippen molar-refractivity contribution in [2.45, 2.75) is 13.3 Å². The van der Waals surface area contributed by atoms with Crippen LogP contribution in [0.5, 0.6) is 5.75 Å². The van der Waals surface area contributed by atoms with Crippen LogP contribution in [0.2, 0.25) is 5.02 Å². The molecule has 0 aliphatic carbocycles. The highest BCUT2D eigenvalue weighted by Gasteiger charge is 2.21. The number of fused-ring (bicyclic) bond motifs is 1. The summed E-state index contributed by atoms with van der Waals surface area (Å²) in [4.78, 5) is 14.5. The van der Waals surface area contributed by atoms with Crippen LogP contribution in [-0.4, -0.2) is 26.1 Å². The number of anilines is 2. The van der Waals surface area contributed by atoms with E-state index in [0.29, 0.717) is 23.0 Å². The molecule has 1 aliphatic rings. The van der Waals surface area contributed by atoms with E-state index in [0.717, 1.165) is 24.2 Å². The molecule has 1 heterocycles. The van der Waals surface area contributed by atoms with Crippen molar-refractivity contribution in [2.75, 3.05) is 30.4 Å². The lowest BCUT2D eigenvalue weighted by Gasteiger charge is -2.19. The third-order valence-electron chi connectivity index (χ3n) is 4.07. The van der Waals surface area contributed by atoms with Crippen LogP contribution in [0.3, 0.4) is 0 Å². The van der Waals surface area contributed by atoms with Gasteiger partial charge < -0.3 is 15.0 Å². The summed E-state index contributed by atoms with van der Waals surface area (Å²) in [7, 11) is 1.56. The lowest BCUT2D eigenvalue weighted by Crippen LogP contribution is -2.32. The molecule has 23 heavy (non-hydrogen) atoms. The number of benzene rings is 2. The van der Waals surface area contributed by atoms with E-state index in [4.69, 9.17) is 16.3 Å². The number of ether oxygens (including phenoxy) is 1. The quantitative estimate of drug-likeness (QED) is 0.930.